The van der Waals surface area contributed by atoms with Crippen molar-refractivity contribution in [2.45, 2.75) is 140 Å². The van der Waals surface area contributed by atoms with E-state index in [9.17, 15) is 51.0 Å². The third-order valence-corrected chi connectivity index (χ3v) is 26.6. The number of thiol groups is 1. The number of anilines is 2. The zero-order chi connectivity index (χ0) is 71.1. The number of hydrogen-bond acceptors (Lipinski definition) is 16. The molecule has 13 rings (SSSR count). The molecule has 518 valence electrons. The number of sulfonamides is 2. The van der Waals surface area contributed by atoms with Crippen LogP contribution in [0.25, 0.3) is 0 Å². The number of benzene rings is 7. The summed E-state index contributed by atoms with van der Waals surface area (Å²) in [4.78, 5) is 97.3. The lowest BCUT2D eigenvalue weighted by Gasteiger charge is -2.54. The minimum atomic E-state index is -4.26. The Morgan fingerprint density at radius 3 is 1.27 bits per heavy atom. The molecular weight excluding hydrogens is 1350 g/mol. The van der Waals surface area contributed by atoms with Crippen LogP contribution < -0.4 is 8.61 Å². The summed E-state index contributed by atoms with van der Waals surface area (Å²) in [5, 5.41) is 22.6. The number of para-hydroxylation sites is 2. The van der Waals surface area contributed by atoms with Crippen molar-refractivity contribution in [2.75, 3.05) is 40.0 Å². The van der Waals surface area contributed by atoms with E-state index in [1.54, 1.807) is 152 Å². The van der Waals surface area contributed by atoms with E-state index in [-0.39, 0.29) is 70.2 Å². The first-order valence-corrected chi connectivity index (χ1v) is 38.4. The number of aliphatic hydroxyl groups is 2. The van der Waals surface area contributed by atoms with Gasteiger partial charge in [-0.1, -0.05) is 190 Å². The van der Waals surface area contributed by atoms with Crippen molar-refractivity contribution in [1.29, 1.82) is 0 Å². The molecule has 0 aliphatic carbocycles. The van der Waals surface area contributed by atoms with Gasteiger partial charge >= 0.3 is 0 Å². The predicted octanol–water partition coefficient (Wildman–Crippen LogP) is 10.9. The maximum atomic E-state index is 15.5. The van der Waals surface area contributed by atoms with Crippen molar-refractivity contribution >= 4 is 109 Å². The van der Waals surface area contributed by atoms with Gasteiger partial charge in [-0.3, -0.25) is 43.4 Å². The van der Waals surface area contributed by atoms with E-state index in [0.29, 0.717) is 65.9 Å². The van der Waals surface area contributed by atoms with E-state index >= 15 is 9.59 Å². The van der Waals surface area contributed by atoms with Crippen molar-refractivity contribution in [2.24, 2.45) is 0 Å². The standard InChI is InChI=1S/C42H43N3O6S3.C24H27N3O6S.C9H10OS/c1-4-26-41-29-42(53-28-25-36(47)31-18-10-6-11-19-31)39(49)43(3)40(2,52-27-24-35(46)30-16-8-5-9-17-30)38(48)44(42)37(41)45(34-23-15-14-22-33(34)41)54(50,51)32-20-12-7-13-21-32;1-4-14-23-15-24(31)21(29)25(3)22(2,30)20(28)26(24)19(23)27(18-13-9-8-12-17(18)23)34(32,33)16-10-6-5-7-11-16;10-9(6-7-11)8-4-2-1-3-5-8/h5-23,37H,4,24-29H2,1-3H3;5-13,19,30-31H,4,14-15H2,1-3H3;1-5,11H,6-7H2/t37-,40-,41+,42-;19-,22+,23+,24-;/m00./s1. The van der Waals surface area contributed by atoms with Crippen LogP contribution in [0.3, 0.4) is 0 Å². The van der Waals surface area contributed by atoms with Gasteiger partial charge in [0, 0.05) is 85.2 Å². The molecule has 4 amide bonds. The lowest BCUT2D eigenvalue weighted by atomic mass is 9.74. The summed E-state index contributed by atoms with van der Waals surface area (Å²) in [6.07, 6.45) is 0.695. The highest BCUT2D eigenvalue weighted by Gasteiger charge is 2.77. The van der Waals surface area contributed by atoms with Gasteiger partial charge in [-0.05, 0) is 80.0 Å². The molecule has 24 heteroatoms. The molecular formula is C75H80N6O13S5. The Hall–Kier alpha value is -8.10. The van der Waals surface area contributed by atoms with Gasteiger partial charge in [0.2, 0.25) is 11.4 Å². The molecule has 7 aromatic carbocycles. The topological polar surface area (TPSA) is 248 Å². The monoisotopic (exact) mass is 1430 g/mol. The molecule has 4 fully saturated rings. The fraction of sp³-hybridized carbons (Fsp3) is 0.347. The van der Waals surface area contributed by atoms with E-state index in [0.717, 1.165) is 25.2 Å². The first-order valence-electron chi connectivity index (χ1n) is 32.9. The minimum absolute atomic E-state index is 0.0206. The van der Waals surface area contributed by atoms with Gasteiger partial charge in [-0.2, -0.15) is 12.6 Å². The van der Waals surface area contributed by atoms with E-state index < -0.39 is 82.1 Å². The van der Waals surface area contributed by atoms with Gasteiger partial charge in [0.05, 0.1) is 21.2 Å². The summed E-state index contributed by atoms with van der Waals surface area (Å²) in [6.45, 7) is 6.81. The van der Waals surface area contributed by atoms with Crippen LogP contribution in [0, 0.1) is 0 Å². The number of ketones is 3. The highest BCUT2D eigenvalue weighted by molar-refractivity contribution is 8.02. The normalized spacial score (nSPS) is 25.7. The van der Waals surface area contributed by atoms with Crippen LogP contribution in [0.5, 0.6) is 0 Å². The Morgan fingerprint density at radius 1 is 0.475 bits per heavy atom. The van der Waals surface area contributed by atoms with Crippen LogP contribution >= 0.6 is 36.2 Å². The molecule has 6 aliphatic rings. The molecule has 0 aromatic heterocycles. The molecule has 0 unspecified atom stereocenters. The van der Waals surface area contributed by atoms with Crippen LogP contribution in [0.15, 0.2) is 210 Å². The summed E-state index contributed by atoms with van der Waals surface area (Å²) in [6, 6.07) is 57.5. The number of rotatable bonds is 21. The molecule has 0 bridgehead atoms. The van der Waals surface area contributed by atoms with Crippen LogP contribution in [-0.2, 0) is 50.1 Å². The average Bonchev–Trinajstić information content (AvgIpc) is 1.50. The summed E-state index contributed by atoms with van der Waals surface area (Å²) >= 11 is 6.46. The highest BCUT2D eigenvalue weighted by atomic mass is 32.2. The van der Waals surface area contributed by atoms with Crippen molar-refractivity contribution < 1.29 is 60.6 Å². The number of fused-ring (bicyclic) bond motifs is 10. The first kappa shape index (κ1) is 72.2. The maximum Gasteiger partial charge on any atom is 0.280 e. The third-order valence-electron chi connectivity index (χ3n) is 20.0. The molecule has 8 atom stereocenters. The Bertz CT molecular complexity index is 4470. The van der Waals surface area contributed by atoms with E-state index in [1.807, 2.05) is 68.4 Å². The van der Waals surface area contributed by atoms with E-state index in [1.165, 1.54) is 58.8 Å². The van der Waals surface area contributed by atoms with Gasteiger partial charge < -0.3 is 20.0 Å². The molecule has 0 radical (unpaired) electrons. The molecule has 0 saturated carbocycles. The van der Waals surface area contributed by atoms with Gasteiger partial charge in [0.1, 0.15) is 12.3 Å². The Morgan fingerprint density at radius 2 is 0.848 bits per heavy atom. The second-order valence-corrected chi connectivity index (χ2v) is 32.8. The van der Waals surface area contributed by atoms with Crippen LogP contribution in [0.1, 0.15) is 128 Å². The number of piperazine rings is 2. The summed E-state index contributed by atoms with van der Waals surface area (Å²) < 4.78 is 60.4. The molecule has 6 heterocycles. The minimum Gasteiger partial charge on any atom is -0.363 e. The zero-order valence-electron chi connectivity index (χ0n) is 55.8. The van der Waals surface area contributed by atoms with E-state index in [2.05, 4.69) is 12.6 Å². The lowest BCUT2D eigenvalue weighted by molar-refractivity contribution is -0.224. The molecule has 19 nitrogen and oxygen atoms in total. The van der Waals surface area contributed by atoms with Gasteiger partial charge in [0.15, 0.2) is 27.1 Å². The van der Waals surface area contributed by atoms with Crippen LogP contribution in [0.2, 0.25) is 0 Å². The second-order valence-electron chi connectivity index (χ2n) is 25.9. The third kappa shape index (κ3) is 12.2. The number of nitrogens with zero attached hydrogens (tertiary/aromatic N) is 6. The molecule has 99 heavy (non-hydrogen) atoms. The Balaban J connectivity index is 0.000000186. The van der Waals surface area contributed by atoms with Gasteiger partial charge in [-0.25, -0.2) is 25.4 Å². The highest BCUT2D eigenvalue weighted by Crippen LogP contribution is 2.66. The summed E-state index contributed by atoms with van der Waals surface area (Å²) in [5.74, 6) is -1.41. The number of Topliss-reactive ketones (excluding diaryl/α,β-unsaturated/α-hetero) is 3. The summed E-state index contributed by atoms with van der Waals surface area (Å²) in [5.41, 5.74) is -2.32. The largest absolute Gasteiger partial charge is 0.363 e. The number of carbonyl (C=O) groups is 7. The smallest absolute Gasteiger partial charge is 0.280 e. The lowest BCUT2D eigenvalue weighted by Crippen LogP contribution is -2.75. The molecule has 7 aromatic rings. The fourth-order valence-electron chi connectivity index (χ4n) is 15.2. The van der Waals surface area contributed by atoms with Crippen molar-refractivity contribution in [3.63, 3.8) is 0 Å². The van der Waals surface area contributed by atoms with Crippen LogP contribution in [0.4, 0.5) is 11.4 Å². The predicted molar refractivity (Wildman–Crippen MR) is 386 cm³/mol. The Kier molecular flexibility index (Phi) is 20.5. The Labute approximate surface area is 592 Å². The molecule has 4 saturated heterocycles. The van der Waals surface area contributed by atoms with Crippen molar-refractivity contribution in [1.82, 2.24) is 19.6 Å². The SMILES string of the molecule is CCC[C@]12C[C@]3(O)C(=O)N(C)[C@](C)(O)C(=O)N3[C@H]1N(S(=O)(=O)c1ccccc1)c1ccccc12.CCC[C@]12C[C@]3(SCCC(=O)c4ccccc4)C(=O)N(C)[C@@](C)(SCCC(=O)c4ccccc4)C(=O)N3[C@H]1N(S(=O)(=O)c1ccccc1)c1ccccc12.O=C(CCS)c1ccccc1. The van der Waals surface area contributed by atoms with Gasteiger partial charge in [0.25, 0.3) is 43.7 Å². The number of amides is 4. The first-order chi connectivity index (χ1) is 47.2. The number of thioether (sulfide) groups is 2. The summed E-state index contributed by atoms with van der Waals surface area (Å²) in [7, 11) is -5.60. The van der Waals surface area contributed by atoms with Crippen LogP contribution in [-0.4, -0.2) is 153 Å². The average molecular weight is 1430 g/mol. The maximum absolute atomic E-state index is 15.5. The van der Waals surface area contributed by atoms with E-state index in [4.69, 9.17) is 0 Å². The molecule has 0 spiro atoms. The quantitative estimate of drug-likeness (QED) is 0.0447. The van der Waals surface area contributed by atoms with Gasteiger partial charge in [-0.15, -0.1) is 23.5 Å². The molecule has 2 N–H and O–H groups in total. The number of carbonyl (C=O) groups excluding carboxylic acids is 7. The fourth-order valence-corrected chi connectivity index (χ4v) is 21.5. The molecule has 6 aliphatic heterocycles. The zero-order valence-corrected chi connectivity index (χ0v) is 60.0. The number of likely N-dealkylation sites (N-methyl/N-ethyl adjacent to an activating group) is 2. The van der Waals surface area contributed by atoms with Crippen molar-refractivity contribution in [3.05, 3.63) is 228 Å². The number of hydrogen-bond donors (Lipinski definition) is 3. The van der Waals surface area contributed by atoms with Crippen molar-refractivity contribution in [3.8, 4) is 0 Å². The second kappa shape index (κ2) is 28.1.